The first kappa shape index (κ1) is 57.7. The van der Waals surface area contributed by atoms with Crippen LogP contribution in [0.3, 0.4) is 0 Å². The maximum Gasteiger partial charge on any atom is 2.00 e. The van der Waals surface area contributed by atoms with Crippen LogP contribution in [-0.2, 0) is 47.1 Å². The molecule has 21 heteroatoms. The first-order valence-corrected chi connectivity index (χ1v) is 31.3. The van der Waals surface area contributed by atoms with Crippen molar-refractivity contribution < 1.29 is 42.3 Å². The second kappa shape index (κ2) is 24.7. The van der Waals surface area contributed by atoms with E-state index in [1.165, 1.54) is 12.9 Å². The molecule has 0 amide bonds. The third kappa shape index (κ3) is 11.4. The quantitative estimate of drug-likeness (QED) is 0.0514. The Bertz CT molecular complexity index is 3790. The molecule has 0 N–H and O–H groups in total. The maximum atomic E-state index is 15.1. The normalized spacial score (nSPS) is 12.7. The molecule has 1 radical (unpaired) electrons. The fourth-order valence-electron chi connectivity index (χ4n) is 9.70. The van der Waals surface area contributed by atoms with Gasteiger partial charge in [0.25, 0.3) is 0 Å². The monoisotopic (exact) mass is 1150 g/mol. The predicted molar refractivity (Wildman–Crippen MR) is 300 cm³/mol. The summed E-state index contributed by atoms with van der Waals surface area (Å²) in [5, 5.41) is 1.46. The summed E-state index contributed by atoms with van der Waals surface area (Å²) < 4.78 is 94.0. The van der Waals surface area contributed by atoms with Crippen LogP contribution in [-0.4, -0.2) is 107 Å². The number of nitrogens with zero attached hydrogens (tertiary/aromatic N) is 11. The molecule has 0 aliphatic carbocycles. The van der Waals surface area contributed by atoms with Gasteiger partial charge in [-0.25, -0.2) is 35.2 Å². The van der Waals surface area contributed by atoms with Gasteiger partial charge < -0.3 is 29.9 Å². The van der Waals surface area contributed by atoms with E-state index in [1.807, 2.05) is 65.8 Å². The number of hydrogen-bond acceptors (Lipinski definition) is 12. The fourth-order valence-corrected chi connectivity index (χ4v) is 14.7. The van der Waals surface area contributed by atoms with E-state index in [9.17, 15) is 8.42 Å². The number of unbranched alkanes of at least 4 members (excludes halogenated alkanes) is 6. The van der Waals surface area contributed by atoms with Crippen LogP contribution in [0.5, 0.6) is 0 Å². The van der Waals surface area contributed by atoms with Crippen molar-refractivity contribution in [3.8, 4) is 45.6 Å². The summed E-state index contributed by atoms with van der Waals surface area (Å²) in [4.78, 5) is 40.4. The third-order valence-electron chi connectivity index (χ3n) is 14.0. The molecule has 9 rings (SSSR count). The zero-order valence-corrected chi connectivity index (χ0v) is 48.0. The molecule has 0 atom stereocenters. The van der Waals surface area contributed by atoms with Crippen molar-refractivity contribution in [2.75, 3.05) is 39.3 Å². The Hall–Kier alpha value is -5.51. The van der Waals surface area contributed by atoms with E-state index in [2.05, 4.69) is 0 Å². The molecule has 0 saturated carbocycles. The summed E-state index contributed by atoms with van der Waals surface area (Å²) in [6, 6.07) is 22.1. The Labute approximate surface area is 463 Å². The number of sulfonamides is 3. The van der Waals surface area contributed by atoms with E-state index in [0.29, 0.717) is 111 Å². The SMILES string of the molecule is CCCCN(CCCC)S(=O)(=O)c1ccc2c3nc4nc(nc5[n-]c(nc6nc(nc([n-]3)c2c1)-c1ccccc1-6)c1c(S(=O)(=O)N(CCCC)CCCC)cccc51)-c1cccc(S(=O)(=O)N(CCCC)CCCC)c1-4.[Cu+2]. The molecule has 3 aromatic heterocycles. The first-order valence-electron chi connectivity index (χ1n) is 26.9. The Morgan fingerprint density at radius 2 is 0.792 bits per heavy atom. The smallest absolute Gasteiger partial charge is 0.357 e. The second-order valence-electron chi connectivity index (χ2n) is 19.4. The van der Waals surface area contributed by atoms with Crippen LogP contribution in [0, 0.1) is 0 Å². The molecule has 0 saturated heterocycles. The zero-order chi connectivity index (χ0) is 53.8. The van der Waals surface area contributed by atoms with Crippen LogP contribution in [0.2, 0.25) is 0 Å². The van der Waals surface area contributed by atoms with Crippen LogP contribution in [0.25, 0.3) is 89.7 Å². The van der Waals surface area contributed by atoms with E-state index in [0.717, 1.165) is 38.5 Å². The number of fused-ring (bicyclic) bond motifs is 20. The van der Waals surface area contributed by atoms with E-state index in [-0.39, 0.29) is 88.6 Å². The van der Waals surface area contributed by atoms with Crippen molar-refractivity contribution in [1.82, 2.24) is 52.8 Å². The molecule has 0 spiro atoms. The molecule has 2 aliphatic rings. The largest absolute Gasteiger partial charge is 2.00 e. The van der Waals surface area contributed by atoms with Gasteiger partial charge in [-0.05, 0) is 78.9 Å². The number of hydrogen-bond donors (Lipinski definition) is 0. The van der Waals surface area contributed by atoms with Crippen LogP contribution in [0.4, 0.5) is 0 Å². The summed E-state index contributed by atoms with van der Waals surface area (Å²) in [6.07, 6.45) is 8.86. The molecule has 7 aromatic rings. The molecule has 2 aliphatic heterocycles. The van der Waals surface area contributed by atoms with Gasteiger partial charge in [-0.1, -0.05) is 135 Å². The van der Waals surface area contributed by atoms with E-state index in [4.69, 9.17) is 39.9 Å². The molecule has 0 fully saturated rings. The molecule has 4 aromatic carbocycles. The number of aromatic nitrogens is 8. The van der Waals surface area contributed by atoms with Crippen molar-refractivity contribution in [3.05, 3.63) is 78.9 Å². The second-order valence-corrected chi connectivity index (χ2v) is 25.2. The minimum Gasteiger partial charge on any atom is -0.357 e. The van der Waals surface area contributed by atoms with Crippen molar-refractivity contribution >= 4 is 74.2 Å². The molecule has 17 nitrogen and oxygen atoms in total. The van der Waals surface area contributed by atoms with Gasteiger partial charge in [-0.3, -0.25) is 0 Å². The van der Waals surface area contributed by atoms with Crippen LogP contribution in [0.1, 0.15) is 119 Å². The molecular formula is C56H67CuN11O6S3. The van der Waals surface area contributed by atoms with Crippen molar-refractivity contribution in [2.45, 2.75) is 133 Å². The van der Waals surface area contributed by atoms with Gasteiger partial charge in [0.1, 0.15) is 0 Å². The molecule has 8 bridgehead atoms. The predicted octanol–water partition coefficient (Wildman–Crippen LogP) is 10.9. The van der Waals surface area contributed by atoms with E-state index in [1.54, 1.807) is 54.6 Å². The van der Waals surface area contributed by atoms with Crippen molar-refractivity contribution in [3.63, 3.8) is 0 Å². The van der Waals surface area contributed by atoms with Gasteiger partial charge in [-0.15, -0.1) is 0 Å². The molecule has 411 valence electrons. The first-order chi connectivity index (χ1) is 36.7. The third-order valence-corrected chi connectivity index (χ3v) is 19.8. The van der Waals surface area contributed by atoms with Gasteiger partial charge in [0.15, 0.2) is 0 Å². The van der Waals surface area contributed by atoms with Crippen LogP contribution in [0.15, 0.2) is 93.5 Å². The summed E-state index contributed by atoms with van der Waals surface area (Å²) in [7, 11) is -12.3. The molecule has 0 unspecified atom stereocenters. The molecule has 77 heavy (non-hydrogen) atoms. The maximum absolute atomic E-state index is 15.1. The Morgan fingerprint density at radius 1 is 0.390 bits per heavy atom. The number of rotatable bonds is 24. The summed E-state index contributed by atoms with van der Waals surface area (Å²) in [6.45, 7) is 14.2. The van der Waals surface area contributed by atoms with E-state index < -0.39 is 30.1 Å². The van der Waals surface area contributed by atoms with Crippen LogP contribution >= 0.6 is 0 Å². The Kier molecular flexibility index (Phi) is 18.5. The molecule has 5 heterocycles. The zero-order valence-electron chi connectivity index (χ0n) is 44.6. The van der Waals surface area contributed by atoms with Gasteiger partial charge in [-0.2, -0.15) is 12.9 Å². The summed E-state index contributed by atoms with van der Waals surface area (Å²) in [5.74, 6) is 0.527. The van der Waals surface area contributed by atoms with Gasteiger partial charge in [0.2, 0.25) is 30.1 Å². The van der Waals surface area contributed by atoms with Crippen molar-refractivity contribution in [2.24, 2.45) is 0 Å². The standard InChI is InChI=1S/C56H67N11O6S3.Cu/c1-7-13-31-65(32-14-8-2)74(68,69)38-29-30-41-44(37-38)54-58-49-39-23-19-20-24-40(39)50(57-49)61-55-47-42(25-21-27-45(47)75(70,71)66(33-15-9-3)34-16-10-4)52(63-55)60-53-43-26-22-28-46(48(43)56(64-53)62-51(41)59-54)76(72,73)67(35-17-11-5)36-18-12-6;/h19-30,37H,7-18,31-36H2,1-6H3;/q-2;+2. The van der Waals surface area contributed by atoms with Crippen molar-refractivity contribution in [1.29, 1.82) is 0 Å². The number of benzene rings is 4. The molecular weight excluding hydrogens is 1080 g/mol. The Morgan fingerprint density at radius 3 is 1.34 bits per heavy atom. The van der Waals surface area contributed by atoms with Gasteiger partial charge in [0.05, 0.1) is 38.0 Å². The topological polar surface area (TPSA) is 218 Å². The van der Waals surface area contributed by atoms with Crippen LogP contribution < -0.4 is 9.97 Å². The minimum atomic E-state index is -4.18. The van der Waals surface area contributed by atoms with E-state index >= 15 is 16.8 Å². The average molecular weight is 1150 g/mol. The fraction of sp³-hybridized carbons (Fsp3) is 0.429. The summed E-state index contributed by atoms with van der Waals surface area (Å²) in [5.41, 5.74) is 2.18. The minimum absolute atomic E-state index is 0. The summed E-state index contributed by atoms with van der Waals surface area (Å²) >= 11 is 0. The van der Waals surface area contributed by atoms with Gasteiger partial charge in [0, 0.05) is 89.5 Å². The Balaban J connectivity index is 0.00000784. The average Bonchev–Trinajstić information content (AvgIpc) is 4.16. The van der Waals surface area contributed by atoms with Gasteiger partial charge >= 0.3 is 17.1 Å².